The first kappa shape index (κ1) is 23.7. The minimum Gasteiger partial charge on any atom is -0.486 e. The summed E-state index contributed by atoms with van der Waals surface area (Å²) in [7, 11) is -3.60. The van der Waals surface area contributed by atoms with Gasteiger partial charge in [-0.05, 0) is 74.3 Å². The van der Waals surface area contributed by atoms with E-state index in [4.69, 9.17) is 13.9 Å². The molecule has 186 valence electrons. The summed E-state index contributed by atoms with van der Waals surface area (Å²) in [6, 6.07) is 11.8. The van der Waals surface area contributed by atoms with Gasteiger partial charge in [0.1, 0.15) is 18.3 Å². The van der Waals surface area contributed by atoms with E-state index in [1.54, 1.807) is 18.4 Å². The third kappa shape index (κ3) is 5.44. The molecular weight excluding hydrogens is 470 g/mol. The average molecular weight is 500 g/mol. The number of nitrogens with zero attached hydrogens (tertiary/aromatic N) is 1. The maximum absolute atomic E-state index is 12.7. The van der Waals surface area contributed by atoms with Crippen molar-refractivity contribution in [1.82, 2.24) is 9.62 Å². The molecule has 10 heteroatoms. The molecule has 1 fully saturated rings. The maximum atomic E-state index is 12.7. The van der Waals surface area contributed by atoms with Crippen LogP contribution in [0.25, 0.3) is 11.0 Å². The zero-order valence-electron chi connectivity index (χ0n) is 19.5. The number of anilines is 1. The SMILES string of the molecule is CC(=O)Nc1ccc(S(=O)(=O)NCC2CCN(CC3COc4ccc5occc5c4O3)CC2)cc1. The largest absolute Gasteiger partial charge is 0.486 e. The van der Waals surface area contributed by atoms with Gasteiger partial charge in [-0.1, -0.05) is 0 Å². The van der Waals surface area contributed by atoms with Crippen molar-refractivity contribution < 1.29 is 27.1 Å². The Kier molecular flexibility index (Phi) is 6.68. The van der Waals surface area contributed by atoms with E-state index in [1.165, 1.54) is 19.1 Å². The molecule has 0 aliphatic carbocycles. The number of carbonyl (C=O) groups excluding carboxylic acids is 1. The minimum atomic E-state index is -3.60. The van der Waals surface area contributed by atoms with Gasteiger partial charge in [-0.2, -0.15) is 0 Å². The molecule has 2 aliphatic heterocycles. The van der Waals surface area contributed by atoms with Gasteiger partial charge in [0.15, 0.2) is 11.5 Å². The number of furan rings is 1. The lowest BCUT2D eigenvalue weighted by atomic mass is 9.97. The summed E-state index contributed by atoms with van der Waals surface area (Å²) in [5.41, 5.74) is 1.34. The number of rotatable bonds is 7. The van der Waals surface area contributed by atoms with Gasteiger partial charge in [0, 0.05) is 25.7 Å². The van der Waals surface area contributed by atoms with Crippen molar-refractivity contribution in [3.63, 3.8) is 0 Å². The fraction of sp³-hybridized carbons (Fsp3) is 0.400. The molecule has 0 saturated carbocycles. The summed E-state index contributed by atoms with van der Waals surface area (Å²) in [4.78, 5) is 13.7. The topological polar surface area (TPSA) is 110 Å². The van der Waals surface area contributed by atoms with Crippen LogP contribution in [0.3, 0.4) is 0 Å². The summed E-state index contributed by atoms with van der Waals surface area (Å²) < 4.78 is 45.7. The van der Waals surface area contributed by atoms with Crippen LogP contribution in [0.1, 0.15) is 19.8 Å². The fourth-order valence-corrected chi connectivity index (χ4v) is 5.71. The molecule has 0 spiro atoms. The number of nitrogens with one attached hydrogen (secondary N) is 2. The lowest BCUT2D eigenvalue weighted by Gasteiger charge is -2.35. The third-order valence-corrected chi connectivity index (χ3v) is 7.91. The van der Waals surface area contributed by atoms with Crippen molar-refractivity contribution >= 4 is 32.6 Å². The summed E-state index contributed by atoms with van der Waals surface area (Å²) in [5.74, 6) is 1.55. The highest BCUT2D eigenvalue weighted by molar-refractivity contribution is 7.89. The van der Waals surface area contributed by atoms with E-state index in [-0.39, 0.29) is 22.8 Å². The number of ether oxygens (including phenoxy) is 2. The second kappa shape index (κ2) is 9.88. The van der Waals surface area contributed by atoms with Crippen molar-refractivity contribution in [1.29, 1.82) is 0 Å². The van der Waals surface area contributed by atoms with Gasteiger partial charge in [0.25, 0.3) is 0 Å². The quantitative estimate of drug-likeness (QED) is 0.514. The van der Waals surface area contributed by atoms with Crippen molar-refractivity contribution in [3.8, 4) is 11.5 Å². The number of fused-ring (bicyclic) bond motifs is 3. The Labute approximate surface area is 204 Å². The van der Waals surface area contributed by atoms with Crippen molar-refractivity contribution in [2.24, 2.45) is 5.92 Å². The highest BCUT2D eigenvalue weighted by Gasteiger charge is 2.28. The summed E-state index contributed by atoms with van der Waals surface area (Å²) in [6.07, 6.45) is 3.39. The predicted molar refractivity (Wildman–Crippen MR) is 131 cm³/mol. The van der Waals surface area contributed by atoms with Gasteiger partial charge in [0.2, 0.25) is 15.9 Å². The molecule has 2 N–H and O–H groups in total. The van der Waals surface area contributed by atoms with E-state index < -0.39 is 10.0 Å². The molecule has 9 nitrogen and oxygen atoms in total. The Bertz CT molecular complexity index is 1300. The second-order valence-corrected chi connectivity index (χ2v) is 10.8. The highest BCUT2D eigenvalue weighted by Crippen LogP contribution is 2.39. The van der Waals surface area contributed by atoms with Crippen LogP contribution in [0, 0.1) is 5.92 Å². The van der Waals surface area contributed by atoms with Crippen LogP contribution in [0.15, 0.2) is 58.0 Å². The number of piperidine rings is 1. The van der Waals surface area contributed by atoms with E-state index in [0.29, 0.717) is 18.8 Å². The molecule has 35 heavy (non-hydrogen) atoms. The zero-order chi connectivity index (χ0) is 24.4. The van der Waals surface area contributed by atoms with Crippen LogP contribution in [0.2, 0.25) is 0 Å². The van der Waals surface area contributed by atoms with Gasteiger partial charge in [-0.25, -0.2) is 13.1 Å². The van der Waals surface area contributed by atoms with E-state index in [2.05, 4.69) is 14.9 Å². The van der Waals surface area contributed by atoms with Crippen LogP contribution in [-0.4, -0.2) is 58.1 Å². The van der Waals surface area contributed by atoms with Crippen molar-refractivity contribution in [2.75, 3.05) is 38.1 Å². The van der Waals surface area contributed by atoms with Crippen LogP contribution < -0.4 is 19.5 Å². The normalized spacial score (nSPS) is 19.1. The predicted octanol–water partition coefficient (Wildman–Crippen LogP) is 3.22. The number of amides is 1. The van der Waals surface area contributed by atoms with Crippen LogP contribution >= 0.6 is 0 Å². The molecule has 5 rings (SSSR count). The second-order valence-electron chi connectivity index (χ2n) is 9.08. The maximum Gasteiger partial charge on any atom is 0.240 e. The zero-order valence-corrected chi connectivity index (χ0v) is 20.3. The minimum absolute atomic E-state index is 0.0708. The smallest absolute Gasteiger partial charge is 0.240 e. The number of carbonyl (C=O) groups is 1. The first-order valence-corrected chi connectivity index (χ1v) is 13.2. The molecule has 3 aromatic rings. The standard InChI is InChI=1S/C25H29N3O6S/c1-17(29)27-19-2-4-21(5-3-19)35(30,31)26-14-18-8-11-28(12-9-18)15-20-16-33-24-7-6-23-22(10-13-32-23)25(24)34-20/h2-7,10,13,18,20,26H,8-9,11-12,14-16H2,1H3,(H,27,29). The monoisotopic (exact) mass is 499 g/mol. The highest BCUT2D eigenvalue weighted by atomic mass is 32.2. The summed E-state index contributed by atoms with van der Waals surface area (Å²) in [6.45, 7) is 4.81. The molecule has 1 atom stereocenters. The molecule has 1 saturated heterocycles. The molecule has 1 unspecified atom stereocenters. The number of likely N-dealkylation sites (tertiary alicyclic amines) is 1. The van der Waals surface area contributed by atoms with Gasteiger partial charge in [-0.15, -0.1) is 0 Å². The average Bonchev–Trinajstić information content (AvgIpc) is 3.33. The number of hydrogen-bond acceptors (Lipinski definition) is 7. The van der Waals surface area contributed by atoms with Crippen LogP contribution in [-0.2, 0) is 14.8 Å². The summed E-state index contributed by atoms with van der Waals surface area (Å²) in [5, 5.41) is 3.55. The Morgan fingerprint density at radius 2 is 1.86 bits per heavy atom. The van der Waals surface area contributed by atoms with E-state index >= 15 is 0 Å². The first-order valence-electron chi connectivity index (χ1n) is 11.8. The molecule has 2 aromatic carbocycles. The van der Waals surface area contributed by atoms with Gasteiger partial charge in [0.05, 0.1) is 16.5 Å². The van der Waals surface area contributed by atoms with Gasteiger partial charge in [-0.3, -0.25) is 9.69 Å². The number of sulfonamides is 1. The third-order valence-electron chi connectivity index (χ3n) is 6.47. The van der Waals surface area contributed by atoms with E-state index in [1.807, 2.05) is 18.2 Å². The van der Waals surface area contributed by atoms with E-state index in [0.717, 1.165) is 54.9 Å². The number of hydrogen-bond donors (Lipinski definition) is 2. The van der Waals surface area contributed by atoms with E-state index in [9.17, 15) is 13.2 Å². The van der Waals surface area contributed by atoms with Crippen LogP contribution in [0.4, 0.5) is 5.69 Å². The first-order chi connectivity index (χ1) is 16.9. The molecule has 1 aromatic heterocycles. The lowest BCUT2D eigenvalue weighted by Crippen LogP contribution is -2.45. The summed E-state index contributed by atoms with van der Waals surface area (Å²) >= 11 is 0. The Balaban J connectivity index is 1.09. The van der Waals surface area contributed by atoms with Crippen molar-refractivity contribution in [3.05, 3.63) is 48.7 Å². The van der Waals surface area contributed by atoms with Gasteiger partial charge >= 0.3 is 0 Å². The van der Waals surface area contributed by atoms with Crippen molar-refractivity contribution in [2.45, 2.75) is 30.8 Å². The lowest BCUT2D eigenvalue weighted by molar-refractivity contribution is -0.114. The molecule has 0 radical (unpaired) electrons. The molecular formula is C25H29N3O6S. The Hall–Kier alpha value is -3.08. The Morgan fingerprint density at radius 3 is 2.60 bits per heavy atom. The molecule has 2 aliphatic rings. The van der Waals surface area contributed by atoms with Crippen LogP contribution in [0.5, 0.6) is 11.5 Å². The fourth-order valence-electron chi connectivity index (χ4n) is 4.60. The molecule has 1 amide bonds. The van der Waals surface area contributed by atoms with Gasteiger partial charge < -0.3 is 19.2 Å². The molecule has 3 heterocycles. The number of benzene rings is 2. The Morgan fingerprint density at radius 1 is 1.09 bits per heavy atom. The molecule has 0 bridgehead atoms.